The Labute approximate surface area is 125 Å². The zero-order valence-corrected chi connectivity index (χ0v) is 11.4. The summed E-state index contributed by atoms with van der Waals surface area (Å²) < 4.78 is 39.8. The Morgan fingerprint density at radius 3 is 2.27 bits per heavy atom. The summed E-state index contributed by atoms with van der Waals surface area (Å²) in [6.07, 6.45) is 1.45. The summed E-state index contributed by atoms with van der Waals surface area (Å²) in [5, 5.41) is 2.99. The molecule has 0 atom stereocenters. The number of rotatable bonds is 3. The predicted molar refractivity (Wildman–Crippen MR) is 79.3 cm³/mol. The van der Waals surface area contributed by atoms with Gasteiger partial charge in [-0.2, -0.15) is 0 Å². The minimum Gasteiger partial charge on any atom is -0.340 e. The van der Waals surface area contributed by atoms with Gasteiger partial charge in [0.15, 0.2) is 11.6 Å². The molecule has 0 bridgehead atoms. The third kappa shape index (κ3) is 2.93. The number of benzene rings is 2. The van der Waals surface area contributed by atoms with Crippen molar-refractivity contribution in [3.63, 3.8) is 0 Å². The van der Waals surface area contributed by atoms with Gasteiger partial charge in [0.2, 0.25) is 0 Å². The van der Waals surface area contributed by atoms with Crippen molar-refractivity contribution in [2.24, 2.45) is 0 Å². The molecular weight excluding hydrogens is 289 g/mol. The molecular formula is C17H11F3N2. The normalized spacial score (nSPS) is 10.5. The van der Waals surface area contributed by atoms with E-state index in [1.165, 1.54) is 30.5 Å². The average Bonchev–Trinajstić information content (AvgIpc) is 2.53. The van der Waals surface area contributed by atoms with E-state index >= 15 is 0 Å². The fourth-order valence-electron chi connectivity index (χ4n) is 2.03. The van der Waals surface area contributed by atoms with Crippen molar-refractivity contribution in [2.45, 2.75) is 0 Å². The van der Waals surface area contributed by atoms with Gasteiger partial charge in [0.1, 0.15) is 11.6 Å². The number of nitrogens with one attached hydrogen (secondary N) is 1. The van der Waals surface area contributed by atoms with Crippen molar-refractivity contribution in [3.8, 4) is 11.1 Å². The minimum absolute atomic E-state index is 0.154. The smallest absolute Gasteiger partial charge is 0.166 e. The van der Waals surface area contributed by atoms with E-state index in [1.54, 1.807) is 24.3 Å². The monoisotopic (exact) mass is 300 g/mol. The molecule has 0 saturated heterocycles. The van der Waals surface area contributed by atoms with Crippen LogP contribution in [0.2, 0.25) is 0 Å². The Balaban J connectivity index is 1.83. The molecule has 1 N–H and O–H groups in total. The zero-order valence-electron chi connectivity index (χ0n) is 11.4. The number of aromatic nitrogens is 1. The second-order valence-corrected chi connectivity index (χ2v) is 4.67. The molecule has 0 saturated carbocycles. The second-order valence-electron chi connectivity index (χ2n) is 4.67. The molecule has 5 heteroatoms. The van der Waals surface area contributed by atoms with Crippen LogP contribution in [-0.4, -0.2) is 4.98 Å². The highest BCUT2D eigenvalue weighted by molar-refractivity contribution is 5.66. The van der Waals surface area contributed by atoms with Crippen molar-refractivity contribution in [2.75, 3.05) is 5.32 Å². The Bertz CT molecular complexity index is 784. The van der Waals surface area contributed by atoms with E-state index in [1.807, 2.05) is 0 Å². The molecule has 110 valence electrons. The molecule has 0 radical (unpaired) electrons. The van der Waals surface area contributed by atoms with Crippen LogP contribution in [0.1, 0.15) is 0 Å². The molecule has 0 aliphatic carbocycles. The first-order valence-corrected chi connectivity index (χ1v) is 6.56. The standard InChI is InChI=1S/C17H11F3N2/c18-12-5-7-13(8-6-12)22-16-9-4-11(10-21-16)14-2-1-3-15(19)17(14)20/h1-10H,(H,21,22). The molecule has 2 nitrogen and oxygen atoms in total. The third-order valence-corrected chi connectivity index (χ3v) is 3.14. The van der Waals surface area contributed by atoms with Crippen LogP contribution in [0.3, 0.4) is 0 Å². The molecule has 1 aromatic heterocycles. The number of anilines is 2. The first-order valence-electron chi connectivity index (χ1n) is 6.56. The number of nitrogens with zero attached hydrogens (tertiary/aromatic N) is 1. The summed E-state index contributed by atoms with van der Waals surface area (Å²) in [6, 6.07) is 13.1. The lowest BCUT2D eigenvalue weighted by Gasteiger charge is -2.07. The summed E-state index contributed by atoms with van der Waals surface area (Å²) in [6.45, 7) is 0. The van der Waals surface area contributed by atoms with E-state index in [2.05, 4.69) is 10.3 Å². The van der Waals surface area contributed by atoms with E-state index < -0.39 is 11.6 Å². The number of halogens is 3. The highest BCUT2D eigenvalue weighted by Gasteiger charge is 2.09. The topological polar surface area (TPSA) is 24.9 Å². The van der Waals surface area contributed by atoms with E-state index in [0.29, 0.717) is 17.1 Å². The molecule has 0 fully saturated rings. The highest BCUT2D eigenvalue weighted by Crippen LogP contribution is 2.25. The molecule has 0 unspecified atom stereocenters. The summed E-state index contributed by atoms with van der Waals surface area (Å²) >= 11 is 0. The molecule has 0 aliphatic heterocycles. The van der Waals surface area contributed by atoms with Gasteiger partial charge in [0.05, 0.1) is 0 Å². The van der Waals surface area contributed by atoms with Gasteiger partial charge in [-0.15, -0.1) is 0 Å². The van der Waals surface area contributed by atoms with Crippen molar-refractivity contribution in [1.29, 1.82) is 0 Å². The molecule has 0 spiro atoms. The minimum atomic E-state index is -0.899. The lowest BCUT2D eigenvalue weighted by molar-refractivity contribution is 0.511. The Hall–Kier alpha value is -2.82. The maximum atomic E-state index is 13.7. The fourth-order valence-corrected chi connectivity index (χ4v) is 2.03. The SMILES string of the molecule is Fc1ccc(Nc2ccc(-c3cccc(F)c3F)cn2)cc1. The highest BCUT2D eigenvalue weighted by atomic mass is 19.2. The third-order valence-electron chi connectivity index (χ3n) is 3.14. The summed E-state index contributed by atoms with van der Waals surface area (Å²) in [5.41, 5.74) is 1.31. The molecule has 1 heterocycles. The van der Waals surface area contributed by atoms with Gasteiger partial charge in [-0.1, -0.05) is 12.1 Å². The lowest BCUT2D eigenvalue weighted by Crippen LogP contribution is -1.94. The van der Waals surface area contributed by atoms with Crippen molar-refractivity contribution >= 4 is 11.5 Å². The van der Waals surface area contributed by atoms with Crippen molar-refractivity contribution in [3.05, 3.63) is 78.2 Å². The maximum Gasteiger partial charge on any atom is 0.166 e. The van der Waals surface area contributed by atoms with Crippen LogP contribution in [0.5, 0.6) is 0 Å². The van der Waals surface area contributed by atoms with Gasteiger partial charge >= 0.3 is 0 Å². The van der Waals surface area contributed by atoms with Crippen LogP contribution in [0.25, 0.3) is 11.1 Å². The number of hydrogen-bond donors (Lipinski definition) is 1. The molecule has 22 heavy (non-hydrogen) atoms. The van der Waals surface area contributed by atoms with Crippen LogP contribution in [0.4, 0.5) is 24.7 Å². The average molecular weight is 300 g/mol. The summed E-state index contributed by atoms with van der Waals surface area (Å²) in [7, 11) is 0. The van der Waals surface area contributed by atoms with Crippen LogP contribution < -0.4 is 5.32 Å². The fraction of sp³-hybridized carbons (Fsp3) is 0. The van der Waals surface area contributed by atoms with E-state index in [0.717, 1.165) is 6.07 Å². The zero-order chi connectivity index (χ0) is 15.5. The van der Waals surface area contributed by atoms with E-state index in [4.69, 9.17) is 0 Å². The first-order chi connectivity index (χ1) is 10.6. The predicted octanol–water partition coefficient (Wildman–Crippen LogP) is 4.91. The maximum absolute atomic E-state index is 13.7. The van der Waals surface area contributed by atoms with Crippen molar-refractivity contribution in [1.82, 2.24) is 4.98 Å². The number of hydrogen-bond acceptors (Lipinski definition) is 2. The molecule has 2 aromatic carbocycles. The molecule has 0 amide bonds. The quantitative estimate of drug-likeness (QED) is 0.743. The molecule has 3 aromatic rings. The van der Waals surface area contributed by atoms with Gasteiger partial charge in [-0.3, -0.25) is 0 Å². The van der Waals surface area contributed by atoms with E-state index in [-0.39, 0.29) is 11.4 Å². The van der Waals surface area contributed by atoms with Gasteiger partial charge in [-0.25, -0.2) is 18.2 Å². The Morgan fingerprint density at radius 1 is 0.818 bits per heavy atom. The Kier molecular flexibility index (Phi) is 3.78. The molecule has 3 rings (SSSR count). The second kappa shape index (κ2) is 5.89. The lowest BCUT2D eigenvalue weighted by atomic mass is 10.1. The van der Waals surface area contributed by atoms with Crippen LogP contribution in [0, 0.1) is 17.5 Å². The van der Waals surface area contributed by atoms with Crippen molar-refractivity contribution < 1.29 is 13.2 Å². The van der Waals surface area contributed by atoms with Gasteiger partial charge in [0.25, 0.3) is 0 Å². The molecule has 0 aliphatic rings. The van der Waals surface area contributed by atoms with Gasteiger partial charge < -0.3 is 5.32 Å². The Morgan fingerprint density at radius 2 is 1.59 bits per heavy atom. The van der Waals surface area contributed by atoms with Gasteiger partial charge in [-0.05, 0) is 42.5 Å². The van der Waals surface area contributed by atoms with Gasteiger partial charge in [0, 0.05) is 23.0 Å². The number of pyridine rings is 1. The summed E-state index contributed by atoms with van der Waals surface area (Å²) in [5.74, 6) is -1.60. The van der Waals surface area contributed by atoms with Crippen LogP contribution in [-0.2, 0) is 0 Å². The first kappa shape index (κ1) is 14.1. The van der Waals surface area contributed by atoms with E-state index in [9.17, 15) is 13.2 Å². The summed E-state index contributed by atoms with van der Waals surface area (Å²) in [4.78, 5) is 4.15. The van der Waals surface area contributed by atoms with Crippen LogP contribution >= 0.6 is 0 Å². The largest absolute Gasteiger partial charge is 0.340 e. The van der Waals surface area contributed by atoms with Crippen LogP contribution in [0.15, 0.2) is 60.8 Å².